The zero-order valence-electron chi connectivity index (χ0n) is 20.9. The molecule has 2 heterocycles. The summed E-state index contributed by atoms with van der Waals surface area (Å²) in [5.74, 6) is -0.975. The van der Waals surface area contributed by atoms with E-state index in [4.69, 9.17) is 0 Å². The SMILES string of the molecule is CC(C)N(CC(=O)N1c2ccccc2-n2cccc2C1c1ccccc1)C(=O)c1cccc(C(F)(F)F)c1. The zero-order chi connectivity index (χ0) is 27.0. The van der Waals surface area contributed by atoms with Crippen LogP contribution < -0.4 is 4.90 Å². The maximum absolute atomic E-state index is 14.1. The second kappa shape index (κ2) is 9.85. The topological polar surface area (TPSA) is 45.6 Å². The van der Waals surface area contributed by atoms with Crippen molar-refractivity contribution >= 4 is 17.5 Å². The average Bonchev–Trinajstić information content (AvgIpc) is 3.40. The number of anilines is 1. The van der Waals surface area contributed by atoms with Crippen molar-refractivity contribution in [3.8, 4) is 5.69 Å². The number of fused-ring (bicyclic) bond motifs is 3. The summed E-state index contributed by atoms with van der Waals surface area (Å²) >= 11 is 0. The highest BCUT2D eigenvalue weighted by atomic mass is 19.4. The summed E-state index contributed by atoms with van der Waals surface area (Å²) in [5, 5.41) is 0. The van der Waals surface area contributed by atoms with Gasteiger partial charge in [0.05, 0.1) is 22.6 Å². The molecule has 0 N–H and O–H groups in total. The molecule has 3 aromatic carbocycles. The van der Waals surface area contributed by atoms with E-state index in [0.29, 0.717) is 5.69 Å². The second-order valence-electron chi connectivity index (χ2n) is 9.47. The molecule has 8 heteroatoms. The first-order valence-electron chi connectivity index (χ1n) is 12.3. The Morgan fingerprint density at radius 2 is 1.55 bits per heavy atom. The van der Waals surface area contributed by atoms with Crippen LogP contribution in [0.15, 0.2) is 97.2 Å². The van der Waals surface area contributed by atoms with Gasteiger partial charge >= 0.3 is 6.18 Å². The maximum atomic E-state index is 14.1. The fourth-order valence-electron chi connectivity index (χ4n) is 4.92. The Balaban J connectivity index is 1.54. The first-order chi connectivity index (χ1) is 18.2. The standard InChI is InChI=1S/C30H26F3N3O2/c1-20(2)35(29(38)22-12-8-13-23(18-22)30(31,32)33)19-27(37)36-25-15-7-6-14-24(25)34-17-9-16-26(34)28(36)21-10-4-3-5-11-21/h3-18,20,28H,19H2,1-2H3. The van der Waals surface area contributed by atoms with Crippen LogP contribution in [-0.4, -0.2) is 33.9 Å². The molecule has 38 heavy (non-hydrogen) atoms. The van der Waals surface area contributed by atoms with E-state index in [9.17, 15) is 22.8 Å². The Labute approximate surface area is 218 Å². The van der Waals surface area contributed by atoms with E-state index in [2.05, 4.69) is 0 Å². The molecule has 4 aromatic rings. The van der Waals surface area contributed by atoms with Gasteiger partial charge in [-0.05, 0) is 61.9 Å². The summed E-state index contributed by atoms with van der Waals surface area (Å²) in [4.78, 5) is 30.5. The highest BCUT2D eigenvalue weighted by Gasteiger charge is 2.37. The second-order valence-corrected chi connectivity index (χ2v) is 9.47. The van der Waals surface area contributed by atoms with Crippen molar-refractivity contribution in [1.82, 2.24) is 9.47 Å². The molecule has 5 nitrogen and oxygen atoms in total. The van der Waals surface area contributed by atoms with Gasteiger partial charge in [0.25, 0.3) is 5.91 Å². The third-order valence-electron chi connectivity index (χ3n) is 6.73. The largest absolute Gasteiger partial charge is 0.416 e. The van der Waals surface area contributed by atoms with Crippen molar-refractivity contribution in [3.63, 3.8) is 0 Å². The van der Waals surface area contributed by atoms with Gasteiger partial charge in [-0.2, -0.15) is 13.2 Å². The first-order valence-corrected chi connectivity index (χ1v) is 12.3. The van der Waals surface area contributed by atoms with Crippen LogP contribution in [0.2, 0.25) is 0 Å². The van der Waals surface area contributed by atoms with Crippen molar-refractivity contribution < 1.29 is 22.8 Å². The molecule has 1 aliphatic rings. The van der Waals surface area contributed by atoms with E-state index in [1.807, 2.05) is 77.5 Å². The highest BCUT2D eigenvalue weighted by Crippen LogP contribution is 2.42. The van der Waals surface area contributed by atoms with Crippen LogP contribution in [-0.2, 0) is 11.0 Å². The molecule has 1 unspecified atom stereocenters. The van der Waals surface area contributed by atoms with Gasteiger partial charge in [-0.3, -0.25) is 14.5 Å². The number of hydrogen-bond donors (Lipinski definition) is 0. The Kier molecular flexibility index (Phi) is 6.57. The summed E-state index contributed by atoms with van der Waals surface area (Å²) in [6.07, 6.45) is -2.63. The van der Waals surface area contributed by atoms with E-state index >= 15 is 0 Å². The third-order valence-corrected chi connectivity index (χ3v) is 6.73. The zero-order valence-corrected chi connectivity index (χ0v) is 20.9. The van der Waals surface area contributed by atoms with Gasteiger partial charge in [0.15, 0.2) is 0 Å². The van der Waals surface area contributed by atoms with Crippen LogP contribution in [0, 0.1) is 0 Å². The van der Waals surface area contributed by atoms with E-state index in [1.165, 1.54) is 17.0 Å². The number of para-hydroxylation sites is 2. The lowest BCUT2D eigenvalue weighted by atomic mass is 9.97. The molecule has 0 saturated carbocycles. The predicted octanol–water partition coefficient (Wildman–Crippen LogP) is 6.48. The molecule has 2 amide bonds. The summed E-state index contributed by atoms with van der Waals surface area (Å²) < 4.78 is 41.9. The summed E-state index contributed by atoms with van der Waals surface area (Å²) in [7, 11) is 0. The van der Waals surface area contributed by atoms with Gasteiger partial charge in [-0.15, -0.1) is 0 Å². The number of hydrogen-bond acceptors (Lipinski definition) is 2. The van der Waals surface area contributed by atoms with E-state index in [0.717, 1.165) is 29.1 Å². The number of halogens is 3. The first kappa shape index (κ1) is 25.3. The van der Waals surface area contributed by atoms with Crippen LogP contribution in [0.5, 0.6) is 0 Å². The number of nitrogens with zero attached hydrogens (tertiary/aromatic N) is 3. The smallest absolute Gasteiger partial charge is 0.327 e. The number of rotatable bonds is 5. The molecule has 1 aromatic heterocycles. The molecule has 194 valence electrons. The predicted molar refractivity (Wildman–Crippen MR) is 139 cm³/mol. The Morgan fingerprint density at radius 3 is 2.24 bits per heavy atom. The fraction of sp³-hybridized carbons (Fsp3) is 0.200. The van der Waals surface area contributed by atoms with Crippen LogP contribution in [0.25, 0.3) is 5.69 Å². The Hall–Kier alpha value is -4.33. The summed E-state index contributed by atoms with van der Waals surface area (Å²) in [6, 6.07) is 24.4. The van der Waals surface area contributed by atoms with Crippen molar-refractivity contribution in [2.45, 2.75) is 32.1 Å². The van der Waals surface area contributed by atoms with E-state index in [-0.39, 0.29) is 18.0 Å². The highest BCUT2D eigenvalue weighted by molar-refractivity contribution is 6.02. The van der Waals surface area contributed by atoms with Crippen molar-refractivity contribution in [2.75, 3.05) is 11.4 Å². The number of alkyl halides is 3. The summed E-state index contributed by atoms with van der Waals surface area (Å²) in [6.45, 7) is 3.18. The minimum atomic E-state index is -4.58. The minimum Gasteiger partial charge on any atom is -0.327 e. The molecule has 0 aliphatic carbocycles. The van der Waals surface area contributed by atoms with Crippen molar-refractivity contribution in [3.05, 3.63) is 120 Å². The number of carbonyl (C=O) groups is 2. The van der Waals surface area contributed by atoms with E-state index in [1.54, 1.807) is 18.7 Å². The summed E-state index contributed by atoms with van der Waals surface area (Å²) in [5.41, 5.74) is 2.28. The molecular weight excluding hydrogens is 491 g/mol. The number of benzene rings is 3. The molecule has 1 atom stereocenters. The molecule has 0 saturated heterocycles. The molecule has 5 rings (SSSR count). The lowest BCUT2D eigenvalue weighted by molar-refractivity contribution is -0.137. The van der Waals surface area contributed by atoms with Crippen LogP contribution in [0.3, 0.4) is 0 Å². The van der Waals surface area contributed by atoms with E-state index < -0.39 is 29.7 Å². The van der Waals surface area contributed by atoms with Gasteiger partial charge in [-0.25, -0.2) is 0 Å². The van der Waals surface area contributed by atoms with Crippen molar-refractivity contribution in [2.24, 2.45) is 0 Å². The quantitative estimate of drug-likeness (QED) is 0.304. The number of carbonyl (C=O) groups excluding carboxylic acids is 2. The lowest BCUT2D eigenvalue weighted by Crippen LogP contribution is -2.48. The third kappa shape index (κ3) is 4.58. The molecule has 0 radical (unpaired) electrons. The molecular formula is C30H26F3N3O2. The van der Waals surface area contributed by atoms with Crippen molar-refractivity contribution in [1.29, 1.82) is 0 Å². The molecule has 0 spiro atoms. The molecule has 1 aliphatic heterocycles. The van der Waals surface area contributed by atoms with Crippen LogP contribution in [0.4, 0.5) is 18.9 Å². The van der Waals surface area contributed by atoms with Gasteiger partial charge < -0.3 is 9.47 Å². The molecule has 0 fully saturated rings. The monoisotopic (exact) mass is 517 g/mol. The number of aromatic nitrogens is 1. The van der Waals surface area contributed by atoms with Gasteiger partial charge in [0.2, 0.25) is 5.91 Å². The van der Waals surface area contributed by atoms with Gasteiger partial charge in [0.1, 0.15) is 12.6 Å². The minimum absolute atomic E-state index is 0.117. The van der Waals surface area contributed by atoms with Gasteiger partial charge in [0, 0.05) is 17.8 Å². The van der Waals surface area contributed by atoms with Crippen LogP contribution >= 0.6 is 0 Å². The Bertz CT molecular complexity index is 1480. The number of amides is 2. The molecule has 0 bridgehead atoms. The van der Waals surface area contributed by atoms with Gasteiger partial charge in [-0.1, -0.05) is 48.5 Å². The fourth-order valence-corrected chi connectivity index (χ4v) is 4.92. The maximum Gasteiger partial charge on any atom is 0.416 e. The average molecular weight is 518 g/mol. The van der Waals surface area contributed by atoms with Crippen LogP contribution in [0.1, 0.15) is 47.1 Å². The lowest BCUT2D eigenvalue weighted by Gasteiger charge is -2.40. The normalized spacial score (nSPS) is 14.7. The Morgan fingerprint density at radius 1 is 0.868 bits per heavy atom.